The Kier molecular flexibility index (Phi) is 4.76. The standard InChI is InChI=1S/C16H25N3O3/c1-3-11(2)14-17-15(22-18-14)12-6-8-19(9-7-12)16(20)13-5-4-10-21-13/h11-13H,3-10H2,1-2H3/t11-,13-/m1/s1. The van der Waals surface area contributed by atoms with Crippen LogP contribution in [0, 0.1) is 0 Å². The zero-order chi connectivity index (χ0) is 15.5. The van der Waals surface area contributed by atoms with E-state index in [0.29, 0.717) is 12.5 Å². The lowest BCUT2D eigenvalue weighted by molar-refractivity contribution is -0.142. The van der Waals surface area contributed by atoms with Crippen LogP contribution in [-0.4, -0.2) is 46.7 Å². The lowest BCUT2D eigenvalue weighted by Crippen LogP contribution is -2.43. The van der Waals surface area contributed by atoms with E-state index in [0.717, 1.165) is 56.9 Å². The normalized spacial score (nSPS) is 24.6. The summed E-state index contributed by atoms with van der Waals surface area (Å²) >= 11 is 0. The van der Waals surface area contributed by atoms with Crippen molar-refractivity contribution >= 4 is 5.91 Å². The van der Waals surface area contributed by atoms with Crippen molar-refractivity contribution in [2.75, 3.05) is 19.7 Å². The van der Waals surface area contributed by atoms with E-state index in [-0.39, 0.29) is 17.9 Å². The third kappa shape index (κ3) is 3.16. The molecule has 1 aromatic heterocycles. The second-order valence-corrected chi connectivity index (χ2v) is 6.40. The molecule has 3 heterocycles. The molecule has 0 radical (unpaired) electrons. The van der Waals surface area contributed by atoms with Gasteiger partial charge in [0.25, 0.3) is 5.91 Å². The molecule has 1 amide bonds. The number of ether oxygens (including phenoxy) is 1. The van der Waals surface area contributed by atoms with Gasteiger partial charge < -0.3 is 14.2 Å². The number of carbonyl (C=O) groups excluding carboxylic acids is 1. The third-order valence-corrected chi connectivity index (χ3v) is 4.87. The molecule has 6 nitrogen and oxygen atoms in total. The Morgan fingerprint density at radius 3 is 2.77 bits per heavy atom. The maximum absolute atomic E-state index is 12.3. The highest BCUT2D eigenvalue weighted by Crippen LogP contribution is 2.29. The van der Waals surface area contributed by atoms with Crippen LogP contribution in [0.3, 0.4) is 0 Å². The summed E-state index contributed by atoms with van der Waals surface area (Å²) in [4.78, 5) is 18.8. The van der Waals surface area contributed by atoms with Crippen LogP contribution in [0.2, 0.25) is 0 Å². The van der Waals surface area contributed by atoms with E-state index in [1.807, 2.05) is 4.90 Å². The summed E-state index contributed by atoms with van der Waals surface area (Å²) in [6.07, 6.45) is 4.43. The third-order valence-electron chi connectivity index (χ3n) is 4.87. The molecule has 0 spiro atoms. The number of amides is 1. The summed E-state index contributed by atoms with van der Waals surface area (Å²) in [5.74, 6) is 2.30. The summed E-state index contributed by atoms with van der Waals surface area (Å²) in [5.41, 5.74) is 0. The highest BCUT2D eigenvalue weighted by molar-refractivity contribution is 5.81. The molecule has 2 fully saturated rings. The van der Waals surface area contributed by atoms with Crippen molar-refractivity contribution in [2.24, 2.45) is 0 Å². The van der Waals surface area contributed by atoms with Gasteiger partial charge >= 0.3 is 0 Å². The van der Waals surface area contributed by atoms with Crippen LogP contribution in [0.1, 0.15) is 69.5 Å². The molecule has 0 saturated carbocycles. The van der Waals surface area contributed by atoms with Gasteiger partial charge in [0, 0.05) is 31.5 Å². The van der Waals surface area contributed by atoms with Gasteiger partial charge in [-0.1, -0.05) is 19.0 Å². The monoisotopic (exact) mass is 307 g/mol. The summed E-state index contributed by atoms with van der Waals surface area (Å²) in [6, 6.07) is 0. The van der Waals surface area contributed by atoms with Gasteiger partial charge in [-0.3, -0.25) is 4.79 Å². The maximum Gasteiger partial charge on any atom is 0.251 e. The van der Waals surface area contributed by atoms with Crippen LogP contribution in [0.25, 0.3) is 0 Å². The van der Waals surface area contributed by atoms with Gasteiger partial charge in [-0.15, -0.1) is 0 Å². The number of nitrogens with zero attached hydrogens (tertiary/aromatic N) is 3. The molecular formula is C16H25N3O3. The molecular weight excluding hydrogens is 282 g/mol. The first-order valence-corrected chi connectivity index (χ1v) is 8.43. The molecule has 0 bridgehead atoms. The van der Waals surface area contributed by atoms with Crippen molar-refractivity contribution < 1.29 is 14.1 Å². The zero-order valence-electron chi connectivity index (χ0n) is 13.5. The van der Waals surface area contributed by atoms with Gasteiger partial charge in [0.1, 0.15) is 6.10 Å². The largest absolute Gasteiger partial charge is 0.368 e. The summed E-state index contributed by atoms with van der Waals surface area (Å²) in [5, 5.41) is 4.09. The van der Waals surface area contributed by atoms with Gasteiger partial charge in [-0.05, 0) is 32.1 Å². The average Bonchev–Trinajstić information content (AvgIpc) is 3.25. The molecule has 0 aliphatic carbocycles. The Hall–Kier alpha value is -1.43. The molecule has 122 valence electrons. The van der Waals surface area contributed by atoms with Crippen molar-refractivity contribution in [3.63, 3.8) is 0 Å². The van der Waals surface area contributed by atoms with E-state index in [2.05, 4.69) is 24.0 Å². The summed E-state index contributed by atoms with van der Waals surface area (Å²) in [7, 11) is 0. The van der Waals surface area contributed by atoms with E-state index in [1.54, 1.807) is 0 Å². The lowest BCUT2D eigenvalue weighted by Gasteiger charge is -2.31. The Morgan fingerprint density at radius 2 is 2.14 bits per heavy atom. The topological polar surface area (TPSA) is 68.5 Å². The number of likely N-dealkylation sites (tertiary alicyclic amines) is 1. The van der Waals surface area contributed by atoms with Crippen LogP contribution in [-0.2, 0) is 9.53 Å². The Labute approximate surface area is 131 Å². The summed E-state index contributed by atoms with van der Waals surface area (Å²) < 4.78 is 10.9. The molecule has 2 aliphatic heterocycles. The lowest BCUT2D eigenvalue weighted by atomic mass is 9.96. The maximum atomic E-state index is 12.3. The second-order valence-electron chi connectivity index (χ2n) is 6.40. The quantitative estimate of drug-likeness (QED) is 0.854. The number of carbonyl (C=O) groups is 1. The predicted molar refractivity (Wildman–Crippen MR) is 80.5 cm³/mol. The second kappa shape index (κ2) is 6.77. The number of aromatic nitrogens is 2. The minimum absolute atomic E-state index is 0.154. The van der Waals surface area contributed by atoms with E-state index in [1.165, 1.54) is 0 Å². The highest BCUT2D eigenvalue weighted by Gasteiger charge is 2.32. The van der Waals surface area contributed by atoms with E-state index in [9.17, 15) is 4.79 Å². The van der Waals surface area contributed by atoms with E-state index >= 15 is 0 Å². The molecule has 0 aromatic carbocycles. The molecule has 0 N–H and O–H groups in total. The zero-order valence-corrected chi connectivity index (χ0v) is 13.5. The number of hydrogen-bond donors (Lipinski definition) is 0. The van der Waals surface area contributed by atoms with Crippen LogP contribution in [0.15, 0.2) is 4.52 Å². The van der Waals surface area contributed by atoms with Crippen molar-refractivity contribution in [3.8, 4) is 0 Å². The smallest absolute Gasteiger partial charge is 0.251 e. The first kappa shape index (κ1) is 15.5. The predicted octanol–water partition coefficient (Wildman–Crippen LogP) is 2.47. The average molecular weight is 307 g/mol. The molecule has 6 heteroatoms. The minimum Gasteiger partial charge on any atom is -0.368 e. The molecule has 1 aromatic rings. The highest BCUT2D eigenvalue weighted by atomic mass is 16.5. The fourth-order valence-corrected chi connectivity index (χ4v) is 3.12. The SMILES string of the molecule is CC[C@@H](C)c1noc(C2CCN(C(=O)[C@H]3CCCO3)CC2)n1. The van der Waals surface area contributed by atoms with Crippen LogP contribution in [0.5, 0.6) is 0 Å². The van der Waals surface area contributed by atoms with Gasteiger partial charge in [-0.25, -0.2) is 0 Å². The van der Waals surface area contributed by atoms with Crippen LogP contribution < -0.4 is 0 Å². The molecule has 2 aliphatic rings. The minimum atomic E-state index is -0.211. The van der Waals surface area contributed by atoms with Gasteiger partial charge in [0.15, 0.2) is 5.82 Å². The molecule has 3 rings (SSSR count). The summed E-state index contributed by atoms with van der Waals surface area (Å²) in [6.45, 7) is 6.45. The fraction of sp³-hybridized carbons (Fsp3) is 0.812. The fourth-order valence-electron chi connectivity index (χ4n) is 3.12. The Morgan fingerprint density at radius 1 is 1.36 bits per heavy atom. The number of rotatable bonds is 4. The van der Waals surface area contributed by atoms with Crippen molar-refractivity contribution in [3.05, 3.63) is 11.7 Å². The van der Waals surface area contributed by atoms with Crippen molar-refractivity contribution in [1.82, 2.24) is 15.0 Å². The van der Waals surface area contributed by atoms with Gasteiger partial charge in [0.2, 0.25) is 5.89 Å². The number of hydrogen-bond acceptors (Lipinski definition) is 5. The van der Waals surface area contributed by atoms with Gasteiger partial charge in [0.05, 0.1) is 0 Å². The van der Waals surface area contributed by atoms with Crippen LogP contribution >= 0.6 is 0 Å². The molecule has 2 saturated heterocycles. The first-order valence-electron chi connectivity index (χ1n) is 8.43. The Balaban J connectivity index is 1.55. The Bertz CT molecular complexity index is 502. The number of piperidine rings is 1. The molecule has 22 heavy (non-hydrogen) atoms. The van der Waals surface area contributed by atoms with Gasteiger partial charge in [-0.2, -0.15) is 4.98 Å². The van der Waals surface area contributed by atoms with E-state index < -0.39 is 0 Å². The van der Waals surface area contributed by atoms with E-state index in [4.69, 9.17) is 9.26 Å². The molecule has 2 atom stereocenters. The van der Waals surface area contributed by atoms with Crippen LogP contribution in [0.4, 0.5) is 0 Å². The van der Waals surface area contributed by atoms with Crippen molar-refractivity contribution in [2.45, 2.75) is 63.9 Å². The van der Waals surface area contributed by atoms with Crippen molar-refractivity contribution in [1.29, 1.82) is 0 Å². The first-order chi connectivity index (χ1) is 10.7. The molecule has 0 unspecified atom stereocenters.